The number of Topliss-reactive ketones (excluding diaryl/α,β-unsaturated/α-hetero) is 2. The van der Waals surface area contributed by atoms with Crippen molar-refractivity contribution in [2.75, 3.05) is 0 Å². The van der Waals surface area contributed by atoms with E-state index in [1.165, 1.54) is 13.8 Å². The van der Waals surface area contributed by atoms with Crippen molar-refractivity contribution in [1.29, 1.82) is 0 Å². The zero-order chi connectivity index (χ0) is 41.4. The highest BCUT2D eigenvalue weighted by Gasteiger charge is 2.26. The van der Waals surface area contributed by atoms with Gasteiger partial charge in [0.1, 0.15) is 34.4 Å². The highest BCUT2D eigenvalue weighted by molar-refractivity contribution is 5.74. The van der Waals surface area contributed by atoms with Gasteiger partial charge >= 0.3 is 2.85 Å². The van der Waals surface area contributed by atoms with Crippen LogP contribution in [0.3, 0.4) is 0 Å². The van der Waals surface area contributed by atoms with Gasteiger partial charge in [0.05, 0.1) is 0 Å². The maximum absolute atomic E-state index is 9.81. The first-order chi connectivity index (χ1) is 25.5. The predicted octanol–water partition coefficient (Wildman–Crippen LogP) is 12.9. The Kier molecular flexibility index (Phi) is 31.3. The third-order valence-electron chi connectivity index (χ3n) is 7.33. The number of benzene rings is 5. The standard InChI is InChI=1S/C16H18O2.C9H12O2.C6H6O.C6H6.C4H8O.C3H6O.C3H6.CH4/c1-3-16(2,12-4-8-14(17)9-5-12)13-6-10-15(18)11-7-13;1-9(2,11-10)8-6-4-3-5-7-8;7-6-4-2-1-3-5-6;1-2-4-6-5-3-1;1-3-4(2)5;1-3(2)4;1-3-2;/h4-11,17-18H,3H2,1-2H3;3-7,10H,1-2H3;1-5,7H;1-6H;3H2,1-2H3;1-2H3;3H,1H2,2H3;1H4/p+2. The lowest BCUT2D eigenvalue weighted by atomic mass is 9.74. The number of hydrogen-bond acceptors (Lipinski definition) is 7. The largest absolute Gasteiger partial charge is 1.00 e. The molecule has 300 valence electrons. The van der Waals surface area contributed by atoms with Crippen molar-refractivity contribution in [2.45, 2.75) is 93.6 Å². The average Bonchev–Trinajstić information content (AvgIpc) is 3.17. The molecule has 0 heterocycles. The van der Waals surface area contributed by atoms with Gasteiger partial charge in [-0.15, -0.1) is 6.58 Å². The Bertz CT molecular complexity index is 1570. The lowest BCUT2D eigenvalue weighted by molar-refractivity contribution is -0.318. The quantitative estimate of drug-likeness (QED) is 0.0772. The first-order valence-corrected chi connectivity index (χ1v) is 17.8. The number of carbonyl (C=O) groups excluding carboxylic acids is 2. The Hall–Kier alpha value is -5.50. The molecule has 0 bridgehead atoms. The first-order valence-electron chi connectivity index (χ1n) is 17.8. The molecule has 0 radical (unpaired) electrons. The summed E-state index contributed by atoms with van der Waals surface area (Å²) in [5.74, 6) is 1.30. The van der Waals surface area contributed by atoms with Gasteiger partial charge in [0.25, 0.3) is 0 Å². The molecule has 7 heteroatoms. The lowest BCUT2D eigenvalue weighted by Gasteiger charge is -2.29. The molecular weight excluding hydrogens is 689 g/mol. The van der Waals surface area contributed by atoms with E-state index in [-0.39, 0.29) is 38.8 Å². The molecule has 4 N–H and O–H groups in total. The summed E-state index contributed by atoms with van der Waals surface area (Å²) in [4.78, 5) is 23.6. The molecule has 0 atom stereocenters. The molecule has 0 fully saturated rings. The molecule has 0 aliphatic rings. The Morgan fingerprint density at radius 2 is 0.855 bits per heavy atom. The van der Waals surface area contributed by atoms with Crippen molar-refractivity contribution >= 4 is 11.6 Å². The number of carbonyl (C=O) groups is 2. The Morgan fingerprint density at radius 1 is 0.600 bits per heavy atom. The zero-order valence-corrected chi connectivity index (χ0v) is 33.6. The lowest BCUT2D eigenvalue weighted by Crippen LogP contribution is -2.22. The molecule has 7 nitrogen and oxygen atoms in total. The van der Waals surface area contributed by atoms with Gasteiger partial charge in [0, 0.05) is 11.8 Å². The maximum atomic E-state index is 9.81. The summed E-state index contributed by atoms with van der Waals surface area (Å²) in [6.45, 7) is 19.7. The topological polar surface area (TPSA) is 124 Å². The van der Waals surface area contributed by atoms with Crippen LogP contribution in [0.4, 0.5) is 0 Å². The van der Waals surface area contributed by atoms with Crippen LogP contribution in [0.15, 0.2) is 158 Å². The van der Waals surface area contributed by atoms with E-state index in [0.717, 1.165) is 23.1 Å². The van der Waals surface area contributed by atoms with Crippen LogP contribution >= 0.6 is 0 Å². The molecule has 5 rings (SSSR count). The molecule has 0 saturated heterocycles. The molecule has 0 unspecified atom stereocenters. The van der Waals surface area contributed by atoms with Gasteiger partial charge in [-0.25, -0.2) is 4.89 Å². The summed E-state index contributed by atoms with van der Waals surface area (Å²) in [6.07, 6.45) is 3.36. The Morgan fingerprint density at radius 3 is 1.07 bits per heavy atom. The average molecular weight is 757 g/mol. The minimum atomic E-state index is -0.610. The van der Waals surface area contributed by atoms with E-state index in [1.54, 1.807) is 61.5 Å². The summed E-state index contributed by atoms with van der Waals surface area (Å²) >= 11 is 0. The summed E-state index contributed by atoms with van der Waals surface area (Å²) < 4.78 is 0. The van der Waals surface area contributed by atoms with Gasteiger partial charge in [0.2, 0.25) is 0 Å². The van der Waals surface area contributed by atoms with E-state index < -0.39 is 5.60 Å². The van der Waals surface area contributed by atoms with E-state index in [1.807, 2.05) is 125 Å². The molecule has 55 heavy (non-hydrogen) atoms. The fourth-order valence-electron chi connectivity index (χ4n) is 3.94. The van der Waals surface area contributed by atoms with Gasteiger partial charge in [-0.2, -0.15) is 0 Å². The highest BCUT2D eigenvalue weighted by Crippen LogP contribution is 2.36. The number of rotatable bonds is 6. The van der Waals surface area contributed by atoms with Gasteiger partial charge < -0.3 is 24.9 Å². The summed E-state index contributed by atoms with van der Waals surface area (Å²) in [5, 5.41) is 35.9. The molecular formula is C48H68O7+2. The van der Waals surface area contributed by atoms with Crippen LogP contribution in [-0.4, -0.2) is 32.1 Å². The number of phenolic OH excluding ortho intramolecular Hbond substituents is 3. The van der Waals surface area contributed by atoms with Gasteiger partial charge in [0.15, 0.2) is 0 Å². The number of phenols is 3. The Balaban J connectivity index is -0.000000200. The maximum Gasteiger partial charge on any atom is 1.00 e. The number of ketones is 2. The summed E-state index contributed by atoms with van der Waals surface area (Å²) in [6, 6.07) is 44.9. The first kappa shape index (κ1) is 53.8. The smallest absolute Gasteiger partial charge is 0.508 e. The molecule has 0 saturated carbocycles. The van der Waals surface area contributed by atoms with Crippen molar-refractivity contribution in [2.24, 2.45) is 0 Å². The van der Waals surface area contributed by atoms with E-state index in [2.05, 4.69) is 25.3 Å². The fraction of sp³-hybridized carbons (Fsp3) is 0.292. The zero-order valence-electron chi connectivity index (χ0n) is 35.6. The number of aromatic hydroxyl groups is 3. The third kappa shape index (κ3) is 26.8. The SMILES string of the molecule is C.C=CC.CC(C)(OO)c1ccccc1.CC(C)=O.CCC(C)(c1ccc(O)cc1)c1ccc(O)cc1.CCC(C)=O.Oc1ccccc1.[H+].[H+].c1ccccc1. The van der Waals surface area contributed by atoms with E-state index in [4.69, 9.17) is 10.4 Å². The van der Waals surface area contributed by atoms with Crippen molar-refractivity contribution < 1.29 is 37.9 Å². The van der Waals surface area contributed by atoms with Crippen LogP contribution in [0.2, 0.25) is 0 Å². The molecule has 0 aliphatic carbocycles. The van der Waals surface area contributed by atoms with Crippen LogP contribution in [0, 0.1) is 0 Å². The van der Waals surface area contributed by atoms with E-state index in [9.17, 15) is 19.8 Å². The monoisotopic (exact) mass is 756 g/mol. The number of para-hydroxylation sites is 1. The molecule has 0 aromatic heterocycles. The van der Waals surface area contributed by atoms with Crippen molar-refractivity contribution in [3.63, 3.8) is 0 Å². The third-order valence-corrected chi connectivity index (χ3v) is 7.33. The van der Waals surface area contributed by atoms with Gasteiger partial charge in [-0.1, -0.05) is 143 Å². The molecule has 0 amide bonds. The highest BCUT2D eigenvalue weighted by atomic mass is 17.1. The minimum absolute atomic E-state index is 0. The second-order valence-electron chi connectivity index (χ2n) is 12.6. The van der Waals surface area contributed by atoms with E-state index in [0.29, 0.717) is 12.2 Å². The van der Waals surface area contributed by atoms with Crippen LogP contribution in [0.25, 0.3) is 0 Å². The molecule has 5 aromatic carbocycles. The van der Waals surface area contributed by atoms with Crippen LogP contribution in [-0.2, 0) is 25.5 Å². The minimum Gasteiger partial charge on any atom is -0.508 e. The van der Waals surface area contributed by atoms with Crippen molar-refractivity contribution in [3.05, 3.63) is 175 Å². The van der Waals surface area contributed by atoms with Crippen molar-refractivity contribution in [1.82, 2.24) is 0 Å². The summed E-state index contributed by atoms with van der Waals surface area (Å²) in [7, 11) is 0. The predicted molar refractivity (Wildman–Crippen MR) is 233 cm³/mol. The van der Waals surface area contributed by atoms with Crippen LogP contribution in [0.1, 0.15) is 102 Å². The van der Waals surface area contributed by atoms with E-state index >= 15 is 0 Å². The van der Waals surface area contributed by atoms with Gasteiger partial charge in [-0.3, -0.25) is 5.26 Å². The molecule has 0 spiro atoms. The van der Waals surface area contributed by atoms with Crippen LogP contribution < -0.4 is 0 Å². The fourth-order valence-corrected chi connectivity index (χ4v) is 3.94. The number of hydrogen-bond donors (Lipinski definition) is 4. The van der Waals surface area contributed by atoms with Crippen LogP contribution in [0.5, 0.6) is 17.2 Å². The molecule has 0 aliphatic heterocycles. The normalized spacial score (nSPS) is 9.42. The van der Waals surface area contributed by atoms with Crippen molar-refractivity contribution in [3.8, 4) is 17.2 Å². The van der Waals surface area contributed by atoms with Gasteiger partial charge in [-0.05, 0) is 101 Å². The second kappa shape index (κ2) is 32.0. The number of allylic oxidation sites excluding steroid dienone is 1. The summed E-state index contributed by atoms with van der Waals surface area (Å²) in [5.41, 5.74) is 2.56. The molecule has 5 aromatic rings. The second-order valence-corrected chi connectivity index (χ2v) is 12.6. The Labute approximate surface area is 334 Å².